The number of carbonyl (C=O) groups is 1. The first-order valence-corrected chi connectivity index (χ1v) is 7.07. The van der Waals surface area contributed by atoms with Gasteiger partial charge in [0.2, 0.25) is 5.91 Å². The van der Waals surface area contributed by atoms with Gasteiger partial charge in [-0.15, -0.1) is 0 Å². The molecule has 1 amide bonds. The first kappa shape index (κ1) is 15.3. The summed E-state index contributed by atoms with van der Waals surface area (Å²) < 4.78 is 19.4. The maximum absolute atomic E-state index is 13.4. The Morgan fingerprint density at radius 1 is 1.29 bits per heavy atom. The SMILES string of the molecule is Nc1cccc(NC(=O)CCOc2cc(Br)ccc2F)c1. The normalized spacial score (nSPS) is 10.2. The van der Waals surface area contributed by atoms with Gasteiger partial charge in [0.1, 0.15) is 0 Å². The second-order valence-corrected chi connectivity index (χ2v) is 5.26. The number of hydrogen-bond acceptors (Lipinski definition) is 3. The Hall–Kier alpha value is -2.08. The average molecular weight is 353 g/mol. The van der Waals surface area contributed by atoms with Crippen molar-refractivity contribution in [2.75, 3.05) is 17.7 Å². The van der Waals surface area contributed by atoms with Gasteiger partial charge in [0.25, 0.3) is 0 Å². The molecule has 0 spiro atoms. The molecule has 0 unspecified atom stereocenters. The minimum Gasteiger partial charge on any atom is -0.490 e. The van der Waals surface area contributed by atoms with Gasteiger partial charge >= 0.3 is 0 Å². The lowest BCUT2D eigenvalue weighted by molar-refractivity contribution is -0.116. The van der Waals surface area contributed by atoms with Crippen molar-refractivity contribution >= 4 is 33.2 Å². The zero-order valence-corrected chi connectivity index (χ0v) is 12.7. The highest BCUT2D eigenvalue weighted by Gasteiger charge is 2.07. The molecule has 0 saturated heterocycles. The molecule has 0 bridgehead atoms. The predicted molar refractivity (Wildman–Crippen MR) is 83.7 cm³/mol. The van der Waals surface area contributed by atoms with E-state index in [0.29, 0.717) is 15.8 Å². The highest BCUT2D eigenvalue weighted by molar-refractivity contribution is 9.10. The molecule has 0 aliphatic heterocycles. The number of halogens is 2. The Kier molecular flexibility index (Phi) is 5.16. The molecular formula is C15H14BrFN2O2. The van der Waals surface area contributed by atoms with Crippen LogP contribution in [0.1, 0.15) is 6.42 Å². The number of amides is 1. The molecule has 0 aliphatic carbocycles. The summed E-state index contributed by atoms with van der Waals surface area (Å²) >= 11 is 3.23. The van der Waals surface area contributed by atoms with E-state index >= 15 is 0 Å². The second-order valence-electron chi connectivity index (χ2n) is 4.35. The Labute approximate surface area is 130 Å². The van der Waals surface area contributed by atoms with Gasteiger partial charge in [-0.1, -0.05) is 22.0 Å². The zero-order valence-electron chi connectivity index (χ0n) is 11.1. The van der Waals surface area contributed by atoms with Gasteiger partial charge in [-0.3, -0.25) is 4.79 Å². The van der Waals surface area contributed by atoms with Gasteiger partial charge in [-0.05, 0) is 36.4 Å². The zero-order chi connectivity index (χ0) is 15.2. The van der Waals surface area contributed by atoms with Gasteiger partial charge in [0.15, 0.2) is 11.6 Å². The van der Waals surface area contributed by atoms with Gasteiger partial charge in [0, 0.05) is 15.8 Å². The summed E-state index contributed by atoms with van der Waals surface area (Å²) in [4.78, 5) is 11.7. The third-order valence-corrected chi connectivity index (χ3v) is 3.14. The number of hydrogen-bond donors (Lipinski definition) is 2. The molecule has 0 radical (unpaired) electrons. The van der Waals surface area contributed by atoms with E-state index in [1.165, 1.54) is 12.1 Å². The van der Waals surface area contributed by atoms with Crippen LogP contribution in [-0.4, -0.2) is 12.5 Å². The maximum atomic E-state index is 13.4. The molecule has 6 heteroatoms. The van der Waals surface area contributed by atoms with E-state index in [1.807, 2.05) is 0 Å². The van der Waals surface area contributed by atoms with Crippen molar-refractivity contribution in [1.82, 2.24) is 0 Å². The highest BCUT2D eigenvalue weighted by Crippen LogP contribution is 2.22. The minimum absolute atomic E-state index is 0.0848. The van der Waals surface area contributed by atoms with Crippen molar-refractivity contribution < 1.29 is 13.9 Å². The lowest BCUT2D eigenvalue weighted by Gasteiger charge is -2.08. The summed E-state index contributed by atoms with van der Waals surface area (Å²) in [5.41, 5.74) is 6.81. The summed E-state index contributed by atoms with van der Waals surface area (Å²) in [6.07, 6.45) is 0.112. The molecule has 21 heavy (non-hydrogen) atoms. The first-order valence-electron chi connectivity index (χ1n) is 6.28. The van der Waals surface area contributed by atoms with Crippen LogP contribution in [0.15, 0.2) is 46.9 Å². The third kappa shape index (κ3) is 4.75. The van der Waals surface area contributed by atoms with E-state index in [-0.39, 0.29) is 24.7 Å². The Bertz CT molecular complexity index is 649. The molecule has 2 rings (SSSR count). The predicted octanol–water partition coefficient (Wildman–Crippen LogP) is 3.58. The molecule has 2 aromatic rings. The summed E-state index contributed by atoms with van der Waals surface area (Å²) in [5, 5.41) is 2.69. The van der Waals surface area contributed by atoms with Crippen molar-refractivity contribution in [3.63, 3.8) is 0 Å². The van der Waals surface area contributed by atoms with E-state index in [2.05, 4.69) is 21.2 Å². The molecule has 3 N–H and O–H groups in total. The largest absolute Gasteiger partial charge is 0.490 e. The smallest absolute Gasteiger partial charge is 0.227 e. The lowest BCUT2D eigenvalue weighted by atomic mass is 10.2. The van der Waals surface area contributed by atoms with Crippen molar-refractivity contribution in [2.24, 2.45) is 0 Å². The minimum atomic E-state index is -0.463. The third-order valence-electron chi connectivity index (χ3n) is 2.65. The summed E-state index contributed by atoms with van der Waals surface area (Å²) in [5.74, 6) is -0.577. The van der Waals surface area contributed by atoms with E-state index in [4.69, 9.17) is 10.5 Å². The Morgan fingerprint density at radius 2 is 2.10 bits per heavy atom. The van der Waals surface area contributed by atoms with Gasteiger partial charge < -0.3 is 15.8 Å². The van der Waals surface area contributed by atoms with Crippen molar-refractivity contribution in [3.8, 4) is 5.75 Å². The number of carbonyl (C=O) groups excluding carboxylic acids is 1. The fourth-order valence-corrected chi connectivity index (χ4v) is 2.02. The van der Waals surface area contributed by atoms with Crippen LogP contribution in [-0.2, 0) is 4.79 Å². The number of nitrogen functional groups attached to an aromatic ring is 1. The first-order chi connectivity index (χ1) is 10.0. The van der Waals surface area contributed by atoms with Crippen LogP contribution in [0.3, 0.4) is 0 Å². The van der Waals surface area contributed by atoms with Crippen molar-refractivity contribution in [2.45, 2.75) is 6.42 Å². The summed E-state index contributed by atoms with van der Waals surface area (Å²) in [6, 6.07) is 11.3. The number of benzene rings is 2. The molecule has 0 heterocycles. The molecule has 0 atom stereocenters. The van der Waals surface area contributed by atoms with E-state index < -0.39 is 5.82 Å². The number of nitrogens with one attached hydrogen (secondary N) is 1. The van der Waals surface area contributed by atoms with Crippen LogP contribution in [0, 0.1) is 5.82 Å². The van der Waals surface area contributed by atoms with E-state index in [0.717, 1.165) is 0 Å². The fourth-order valence-electron chi connectivity index (χ4n) is 1.68. The quantitative estimate of drug-likeness (QED) is 0.808. The Balaban J connectivity index is 1.83. The maximum Gasteiger partial charge on any atom is 0.227 e. The van der Waals surface area contributed by atoms with Crippen molar-refractivity contribution in [1.29, 1.82) is 0 Å². The number of ether oxygens (including phenoxy) is 1. The number of anilines is 2. The van der Waals surface area contributed by atoms with Crippen LogP contribution in [0.5, 0.6) is 5.75 Å². The number of nitrogens with two attached hydrogens (primary N) is 1. The van der Waals surface area contributed by atoms with Crippen LogP contribution < -0.4 is 15.8 Å². The Morgan fingerprint density at radius 3 is 2.86 bits per heavy atom. The molecule has 0 fully saturated rings. The monoisotopic (exact) mass is 352 g/mol. The highest BCUT2D eigenvalue weighted by atomic mass is 79.9. The summed E-state index contributed by atoms with van der Waals surface area (Å²) in [6.45, 7) is 0.0848. The van der Waals surface area contributed by atoms with Gasteiger partial charge in [0.05, 0.1) is 13.0 Å². The molecular weight excluding hydrogens is 339 g/mol. The van der Waals surface area contributed by atoms with E-state index in [9.17, 15) is 9.18 Å². The van der Waals surface area contributed by atoms with Gasteiger partial charge in [-0.2, -0.15) is 0 Å². The standard InChI is InChI=1S/C15H14BrFN2O2/c16-10-4-5-13(17)14(8-10)21-7-6-15(20)19-12-3-1-2-11(18)9-12/h1-5,8-9H,6-7,18H2,(H,19,20). The molecule has 4 nitrogen and oxygen atoms in total. The average Bonchev–Trinajstić information content (AvgIpc) is 2.42. The molecule has 2 aromatic carbocycles. The summed E-state index contributed by atoms with van der Waals surface area (Å²) in [7, 11) is 0. The molecule has 110 valence electrons. The van der Waals surface area contributed by atoms with Crippen LogP contribution >= 0.6 is 15.9 Å². The lowest BCUT2D eigenvalue weighted by Crippen LogP contribution is -2.15. The van der Waals surface area contributed by atoms with Crippen LogP contribution in [0.4, 0.5) is 15.8 Å². The topological polar surface area (TPSA) is 64.3 Å². The number of rotatable bonds is 5. The van der Waals surface area contributed by atoms with Gasteiger partial charge in [-0.25, -0.2) is 4.39 Å². The molecule has 0 aliphatic rings. The van der Waals surface area contributed by atoms with E-state index in [1.54, 1.807) is 30.3 Å². The van der Waals surface area contributed by atoms with Crippen molar-refractivity contribution in [3.05, 3.63) is 52.8 Å². The van der Waals surface area contributed by atoms with Crippen LogP contribution in [0.25, 0.3) is 0 Å². The molecule has 0 aromatic heterocycles. The fraction of sp³-hybridized carbons (Fsp3) is 0.133. The van der Waals surface area contributed by atoms with Crippen LogP contribution in [0.2, 0.25) is 0 Å². The molecule has 0 saturated carbocycles. The second kappa shape index (κ2) is 7.08.